The van der Waals surface area contributed by atoms with Gasteiger partial charge in [-0.2, -0.15) is 11.8 Å². The zero-order valence-electron chi connectivity index (χ0n) is 7.90. The molecule has 2 unspecified atom stereocenters. The van der Waals surface area contributed by atoms with Crippen LogP contribution in [-0.2, 0) is 9.84 Å². The number of hydrogen-bond acceptors (Lipinski definition) is 4. The molecule has 0 aromatic carbocycles. The van der Waals surface area contributed by atoms with E-state index in [1.54, 1.807) is 11.8 Å². The molecule has 0 bridgehead atoms. The molecule has 1 fully saturated rings. The van der Waals surface area contributed by atoms with E-state index in [4.69, 9.17) is 5.73 Å². The molecule has 3 nitrogen and oxygen atoms in total. The Morgan fingerprint density at radius 3 is 2.69 bits per heavy atom. The van der Waals surface area contributed by atoms with Gasteiger partial charge in [0.15, 0.2) is 9.84 Å². The molecule has 1 saturated heterocycles. The van der Waals surface area contributed by atoms with E-state index in [1.807, 2.05) is 6.26 Å². The summed E-state index contributed by atoms with van der Waals surface area (Å²) < 4.78 is 22.4. The smallest absolute Gasteiger partial charge is 0.150 e. The van der Waals surface area contributed by atoms with Crippen molar-refractivity contribution in [1.82, 2.24) is 0 Å². The number of nitrogens with two attached hydrogens (primary N) is 1. The van der Waals surface area contributed by atoms with Crippen molar-refractivity contribution in [2.45, 2.75) is 6.42 Å². The first-order valence-corrected chi connectivity index (χ1v) is 7.70. The van der Waals surface area contributed by atoms with Crippen LogP contribution in [0, 0.1) is 11.8 Å². The van der Waals surface area contributed by atoms with Crippen LogP contribution in [0.4, 0.5) is 0 Å². The first-order valence-electron chi connectivity index (χ1n) is 4.48. The Bertz CT molecular complexity index is 251. The maximum Gasteiger partial charge on any atom is 0.150 e. The van der Waals surface area contributed by atoms with E-state index in [1.165, 1.54) is 0 Å². The van der Waals surface area contributed by atoms with Crippen LogP contribution < -0.4 is 5.73 Å². The second-order valence-corrected chi connectivity index (χ2v) is 6.75. The molecule has 2 atom stereocenters. The second kappa shape index (κ2) is 4.66. The highest BCUT2D eigenvalue weighted by atomic mass is 32.2. The average Bonchev–Trinajstić information content (AvgIpc) is 2.42. The molecule has 78 valence electrons. The van der Waals surface area contributed by atoms with Gasteiger partial charge < -0.3 is 5.73 Å². The molecule has 1 aliphatic heterocycles. The summed E-state index contributed by atoms with van der Waals surface area (Å²) in [5, 5.41) is 0. The van der Waals surface area contributed by atoms with E-state index >= 15 is 0 Å². The molecule has 0 aromatic heterocycles. The van der Waals surface area contributed by atoms with Gasteiger partial charge in [-0.25, -0.2) is 8.42 Å². The van der Waals surface area contributed by atoms with Crippen LogP contribution in [0.15, 0.2) is 0 Å². The van der Waals surface area contributed by atoms with Crippen molar-refractivity contribution in [1.29, 1.82) is 0 Å². The van der Waals surface area contributed by atoms with Crippen molar-refractivity contribution in [3.05, 3.63) is 0 Å². The molecule has 0 aromatic rings. The summed E-state index contributed by atoms with van der Waals surface area (Å²) >= 11 is 1.75. The molecule has 1 rings (SSSR count). The Labute approximate surface area is 84.4 Å². The largest absolute Gasteiger partial charge is 0.330 e. The summed E-state index contributed by atoms with van der Waals surface area (Å²) in [6.07, 6.45) is 2.84. The number of thioether (sulfide) groups is 1. The summed E-state index contributed by atoms with van der Waals surface area (Å²) in [6, 6.07) is 0. The third-order valence-electron chi connectivity index (χ3n) is 2.62. The number of sulfone groups is 1. The lowest BCUT2D eigenvalue weighted by atomic mass is 9.94. The SMILES string of the molecule is CSCC(CN)C1CCS(=O)(=O)C1. The van der Waals surface area contributed by atoms with E-state index in [-0.39, 0.29) is 0 Å². The topological polar surface area (TPSA) is 60.2 Å². The fourth-order valence-corrected chi connectivity index (χ4v) is 4.56. The summed E-state index contributed by atoms with van der Waals surface area (Å²) in [4.78, 5) is 0. The van der Waals surface area contributed by atoms with Crippen LogP contribution in [0.5, 0.6) is 0 Å². The standard InChI is InChI=1S/C8H17NO2S2/c1-12-5-8(4-9)7-2-3-13(10,11)6-7/h7-8H,2-6,9H2,1H3. The Balaban J connectivity index is 2.52. The van der Waals surface area contributed by atoms with Gasteiger partial charge in [-0.05, 0) is 36.8 Å². The lowest BCUT2D eigenvalue weighted by Crippen LogP contribution is -2.26. The monoisotopic (exact) mass is 223 g/mol. The highest BCUT2D eigenvalue weighted by Crippen LogP contribution is 2.27. The van der Waals surface area contributed by atoms with Gasteiger partial charge in [-0.15, -0.1) is 0 Å². The Morgan fingerprint density at radius 1 is 1.62 bits per heavy atom. The van der Waals surface area contributed by atoms with Crippen LogP contribution in [-0.4, -0.2) is 38.5 Å². The van der Waals surface area contributed by atoms with Gasteiger partial charge in [0.25, 0.3) is 0 Å². The van der Waals surface area contributed by atoms with Crippen molar-refractivity contribution in [2.75, 3.05) is 30.1 Å². The minimum atomic E-state index is -2.73. The molecule has 5 heteroatoms. The molecule has 1 heterocycles. The minimum absolute atomic E-state index is 0.308. The van der Waals surface area contributed by atoms with Gasteiger partial charge in [0.2, 0.25) is 0 Å². The first-order chi connectivity index (χ1) is 6.09. The lowest BCUT2D eigenvalue weighted by molar-refractivity contribution is 0.411. The minimum Gasteiger partial charge on any atom is -0.330 e. The summed E-state index contributed by atoms with van der Waals surface area (Å²) in [5.74, 6) is 2.39. The van der Waals surface area contributed by atoms with Gasteiger partial charge in [0.05, 0.1) is 11.5 Å². The Hall–Kier alpha value is 0.260. The molecule has 0 amide bonds. The molecule has 0 saturated carbocycles. The van der Waals surface area contributed by atoms with E-state index in [9.17, 15) is 8.42 Å². The third-order valence-corrected chi connectivity index (χ3v) is 5.17. The van der Waals surface area contributed by atoms with Gasteiger partial charge in [0, 0.05) is 0 Å². The first kappa shape index (κ1) is 11.3. The van der Waals surface area contributed by atoms with Crippen LogP contribution in [0.25, 0.3) is 0 Å². The van der Waals surface area contributed by atoms with Gasteiger partial charge >= 0.3 is 0 Å². The molecule has 0 spiro atoms. The lowest BCUT2D eigenvalue weighted by Gasteiger charge is -2.19. The van der Waals surface area contributed by atoms with Crippen molar-refractivity contribution in [3.63, 3.8) is 0 Å². The second-order valence-electron chi connectivity index (χ2n) is 3.61. The van der Waals surface area contributed by atoms with Crippen molar-refractivity contribution in [3.8, 4) is 0 Å². The predicted octanol–water partition coefficient (Wildman–Crippen LogP) is 0.359. The molecule has 13 heavy (non-hydrogen) atoms. The zero-order chi connectivity index (χ0) is 9.90. The summed E-state index contributed by atoms with van der Waals surface area (Å²) in [5.41, 5.74) is 5.62. The predicted molar refractivity (Wildman–Crippen MR) is 57.7 cm³/mol. The van der Waals surface area contributed by atoms with Crippen LogP contribution in [0.3, 0.4) is 0 Å². The van der Waals surface area contributed by atoms with Crippen molar-refractivity contribution >= 4 is 21.6 Å². The van der Waals surface area contributed by atoms with Crippen molar-refractivity contribution in [2.24, 2.45) is 17.6 Å². The fraction of sp³-hybridized carbons (Fsp3) is 1.00. The molecular weight excluding hydrogens is 206 g/mol. The highest BCUT2D eigenvalue weighted by Gasteiger charge is 2.32. The van der Waals surface area contributed by atoms with Crippen LogP contribution in [0.1, 0.15) is 6.42 Å². The van der Waals surface area contributed by atoms with Gasteiger partial charge in [0.1, 0.15) is 0 Å². The molecular formula is C8H17NO2S2. The van der Waals surface area contributed by atoms with Crippen LogP contribution in [0.2, 0.25) is 0 Å². The molecule has 1 aliphatic rings. The van der Waals surface area contributed by atoms with Crippen molar-refractivity contribution < 1.29 is 8.42 Å². The van der Waals surface area contributed by atoms with Gasteiger partial charge in [-0.3, -0.25) is 0 Å². The van der Waals surface area contributed by atoms with Gasteiger partial charge in [-0.1, -0.05) is 0 Å². The quantitative estimate of drug-likeness (QED) is 0.747. The number of rotatable bonds is 4. The fourth-order valence-electron chi connectivity index (χ4n) is 1.81. The molecule has 0 aliphatic carbocycles. The Morgan fingerprint density at radius 2 is 2.31 bits per heavy atom. The summed E-state index contributed by atoms with van der Waals surface area (Å²) in [6.45, 7) is 0.612. The van der Waals surface area contributed by atoms with Crippen LogP contribution >= 0.6 is 11.8 Å². The van der Waals surface area contributed by atoms with E-state index < -0.39 is 9.84 Å². The normalized spacial score (nSPS) is 28.9. The van der Waals surface area contributed by atoms with E-state index in [0.717, 1.165) is 12.2 Å². The molecule has 2 N–H and O–H groups in total. The summed E-state index contributed by atoms with van der Waals surface area (Å²) in [7, 11) is -2.73. The maximum absolute atomic E-state index is 11.2. The number of hydrogen-bond donors (Lipinski definition) is 1. The third kappa shape index (κ3) is 3.14. The molecule has 0 radical (unpaired) electrons. The maximum atomic E-state index is 11.2. The highest BCUT2D eigenvalue weighted by molar-refractivity contribution is 7.98. The average molecular weight is 223 g/mol. The Kier molecular flexibility index (Phi) is 4.06. The van der Waals surface area contributed by atoms with E-state index in [2.05, 4.69) is 0 Å². The zero-order valence-corrected chi connectivity index (χ0v) is 9.53. The van der Waals surface area contributed by atoms with E-state index in [0.29, 0.717) is 29.9 Å².